The van der Waals surface area contributed by atoms with E-state index in [4.69, 9.17) is 9.72 Å². The number of allylic oxidation sites excluding steroid dienone is 1. The van der Waals surface area contributed by atoms with E-state index in [2.05, 4.69) is 13.5 Å². The van der Waals surface area contributed by atoms with Crippen molar-refractivity contribution in [2.75, 3.05) is 25.4 Å². The quantitative estimate of drug-likeness (QED) is 0.296. The number of carbonyl (C=O) groups excluding carboxylic acids is 1. The third kappa shape index (κ3) is 3.72. The lowest BCUT2D eigenvalue weighted by Gasteiger charge is -2.17. The lowest BCUT2D eigenvalue weighted by molar-refractivity contribution is 0.158. The van der Waals surface area contributed by atoms with Gasteiger partial charge in [0.1, 0.15) is 11.4 Å². The summed E-state index contributed by atoms with van der Waals surface area (Å²) in [5.41, 5.74) is 1.28. The van der Waals surface area contributed by atoms with Gasteiger partial charge in [0.2, 0.25) is 0 Å². The Balaban J connectivity index is 1.56. The van der Waals surface area contributed by atoms with Crippen LogP contribution in [-0.4, -0.2) is 46.0 Å². The first-order chi connectivity index (χ1) is 13.6. The molecule has 28 heavy (non-hydrogen) atoms. The van der Waals surface area contributed by atoms with Gasteiger partial charge in [-0.25, -0.2) is 9.78 Å². The van der Waals surface area contributed by atoms with Gasteiger partial charge in [-0.05, 0) is 37.2 Å². The predicted octanol–water partition coefficient (Wildman–Crippen LogP) is 3.70. The van der Waals surface area contributed by atoms with Crippen molar-refractivity contribution in [2.24, 2.45) is 5.92 Å². The average Bonchev–Trinajstić information content (AvgIpc) is 3.24. The highest BCUT2D eigenvalue weighted by molar-refractivity contribution is 7.99. The Labute approximate surface area is 172 Å². The van der Waals surface area contributed by atoms with Crippen LogP contribution in [0.2, 0.25) is 0 Å². The number of ether oxygens (including phenoxy) is 1. The fourth-order valence-electron chi connectivity index (χ4n) is 3.85. The van der Waals surface area contributed by atoms with E-state index in [0.717, 1.165) is 46.8 Å². The van der Waals surface area contributed by atoms with Crippen molar-refractivity contribution in [1.29, 1.82) is 0 Å². The van der Waals surface area contributed by atoms with Gasteiger partial charge in [0.05, 0.1) is 11.9 Å². The van der Waals surface area contributed by atoms with Crippen LogP contribution in [0.25, 0.3) is 10.2 Å². The van der Waals surface area contributed by atoms with Crippen molar-refractivity contribution >= 4 is 39.4 Å². The molecule has 1 aliphatic heterocycles. The van der Waals surface area contributed by atoms with E-state index in [1.54, 1.807) is 38.6 Å². The smallest absolute Gasteiger partial charge is 0.409 e. The van der Waals surface area contributed by atoms with Gasteiger partial charge in [0.25, 0.3) is 5.56 Å². The Hall–Kier alpha value is -1.80. The van der Waals surface area contributed by atoms with Crippen molar-refractivity contribution in [3.05, 3.63) is 33.4 Å². The molecule has 1 fully saturated rings. The summed E-state index contributed by atoms with van der Waals surface area (Å²) in [5, 5.41) is 1.56. The lowest BCUT2D eigenvalue weighted by atomic mass is 9.89. The number of carbonyl (C=O) groups is 1. The number of hydrogen-bond acceptors (Lipinski definition) is 6. The first kappa shape index (κ1) is 19.5. The van der Waals surface area contributed by atoms with E-state index in [1.807, 2.05) is 0 Å². The standard InChI is InChI=1S/C20H25N3O3S2/c1-3-7-23-18(24)16-14-6-5-13(2)12-15(14)28-17(16)21-19(23)27-11-4-8-22-9-10-26-20(22)25/h3,13H,1,4-12H2,2H3. The van der Waals surface area contributed by atoms with Crippen LogP contribution in [-0.2, 0) is 24.1 Å². The molecule has 2 aliphatic rings. The summed E-state index contributed by atoms with van der Waals surface area (Å²) in [4.78, 5) is 33.5. The van der Waals surface area contributed by atoms with Gasteiger partial charge in [-0.2, -0.15) is 0 Å². The van der Waals surface area contributed by atoms with Crippen LogP contribution < -0.4 is 5.56 Å². The average molecular weight is 420 g/mol. The number of fused-ring (bicyclic) bond motifs is 3. The first-order valence-electron chi connectivity index (χ1n) is 9.79. The molecule has 0 aromatic carbocycles. The fraction of sp³-hybridized carbons (Fsp3) is 0.550. The Morgan fingerprint density at radius 3 is 3.04 bits per heavy atom. The molecule has 0 bridgehead atoms. The highest BCUT2D eigenvalue weighted by atomic mass is 32.2. The highest BCUT2D eigenvalue weighted by Crippen LogP contribution is 2.36. The monoisotopic (exact) mass is 419 g/mol. The van der Waals surface area contributed by atoms with Gasteiger partial charge in [-0.3, -0.25) is 9.36 Å². The molecule has 0 spiro atoms. The molecule has 150 valence electrons. The zero-order valence-corrected chi connectivity index (χ0v) is 17.7. The minimum atomic E-state index is -0.230. The Kier molecular flexibility index (Phi) is 5.78. The minimum Gasteiger partial charge on any atom is -0.448 e. The molecule has 1 atom stereocenters. The number of rotatable bonds is 7. The summed E-state index contributed by atoms with van der Waals surface area (Å²) in [6.07, 6.45) is 5.51. The SMILES string of the molecule is C=CCn1c(SCCCN2CCOC2=O)nc2sc3c(c2c1=O)CCC(C)C3. The van der Waals surface area contributed by atoms with E-state index >= 15 is 0 Å². The van der Waals surface area contributed by atoms with Gasteiger partial charge in [-0.1, -0.05) is 24.8 Å². The zero-order valence-electron chi connectivity index (χ0n) is 16.1. The second kappa shape index (κ2) is 8.29. The molecule has 2 aromatic rings. The predicted molar refractivity (Wildman–Crippen MR) is 114 cm³/mol. The molecule has 8 heteroatoms. The van der Waals surface area contributed by atoms with Crippen LogP contribution in [0.1, 0.15) is 30.2 Å². The first-order valence-corrected chi connectivity index (χ1v) is 11.6. The largest absolute Gasteiger partial charge is 0.448 e. The molecule has 3 heterocycles. The summed E-state index contributed by atoms with van der Waals surface area (Å²) in [6, 6.07) is 0. The molecular weight excluding hydrogens is 394 g/mol. The fourth-order valence-corrected chi connectivity index (χ4v) is 6.21. The number of aryl methyl sites for hydroxylation is 1. The van der Waals surface area contributed by atoms with E-state index < -0.39 is 0 Å². The van der Waals surface area contributed by atoms with Gasteiger partial charge in [0.15, 0.2) is 5.16 Å². The van der Waals surface area contributed by atoms with Gasteiger partial charge in [0, 0.05) is 23.7 Å². The van der Waals surface area contributed by atoms with Crippen molar-refractivity contribution in [3.8, 4) is 0 Å². The van der Waals surface area contributed by atoms with E-state index in [-0.39, 0.29) is 11.7 Å². The summed E-state index contributed by atoms with van der Waals surface area (Å²) in [5.74, 6) is 1.46. The van der Waals surface area contributed by atoms with Crippen LogP contribution >= 0.6 is 23.1 Å². The van der Waals surface area contributed by atoms with Crippen molar-refractivity contribution < 1.29 is 9.53 Å². The molecule has 2 aromatic heterocycles. The number of thiophene rings is 1. The number of nitrogens with zero attached hydrogens (tertiary/aromatic N) is 3. The molecular formula is C20H25N3O3S2. The summed E-state index contributed by atoms with van der Waals surface area (Å²) in [7, 11) is 0. The second-order valence-electron chi connectivity index (χ2n) is 7.43. The molecule has 1 unspecified atom stereocenters. The maximum absolute atomic E-state index is 13.2. The van der Waals surface area contributed by atoms with E-state index in [9.17, 15) is 9.59 Å². The molecule has 0 N–H and O–H groups in total. The Morgan fingerprint density at radius 2 is 2.29 bits per heavy atom. The van der Waals surface area contributed by atoms with Gasteiger partial charge < -0.3 is 9.64 Å². The molecule has 0 saturated carbocycles. The number of amides is 1. The zero-order chi connectivity index (χ0) is 19.7. The summed E-state index contributed by atoms with van der Waals surface area (Å²) in [6.45, 7) is 8.35. The third-order valence-corrected chi connectivity index (χ3v) is 7.55. The molecule has 0 radical (unpaired) electrons. The van der Waals surface area contributed by atoms with E-state index in [0.29, 0.717) is 32.2 Å². The maximum atomic E-state index is 13.2. The molecule has 6 nitrogen and oxygen atoms in total. The number of thioether (sulfide) groups is 1. The van der Waals surface area contributed by atoms with Gasteiger partial charge >= 0.3 is 6.09 Å². The van der Waals surface area contributed by atoms with Crippen molar-refractivity contribution in [3.63, 3.8) is 0 Å². The second-order valence-corrected chi connectivity index (χ2v) is 9.58. The molecule has 1 aliphatic carbocycles. The molecule has 1 amide bonds. The lowest BCUT2D eigenvalue weighted by Crippen LogP contribution is -2.26. The third-order valence-electron chi connectivity index (χ3n) is 5.34. The van der Waals surface area contributed by atoms with Crippen LogP contribution in [0, 0.1) is 5.92 Å². The van der Waals surface area contributed by atoms with Gasteiger partial charge in [-0.15, -0.1) is 17.9 Å². The van der Waals surface area contributed by atoms with Crippen molar-refractivity contribution in [2.45, 2.75) is 44.3 Å². The molecule has 4 rings (SSSR count). The Morgan fingerprint density at radius 1 is 1.43 bits per heavy atom. The topological polar surface area (TPSA) is 64.4 Å². The number of hydrogen-bond donors (Lipinski definition) is 0. The van der Waals surface area contributed by atoms with Crippen LogP contribution in [0.4, 0.5) is 4.79 Å². The van der Waals surface area contributed by atoms with E-state index in [1.165, 1.54) is 10.4 Å². The maximum Gasteiger partial charge on any atom is 0.409 e. The Bertz CT molecular complexity index is 966. The summed E-state index contributed by atoms with van der Waals surface area (Å²) < 4.78 is 6.70. The normalized spacial score (nSPS) is 19.1. The summed E-state index contributed by atoms with van der Waals surface area (Å²) >= 11 is 3.26. The highest BCUT2D eigenvalue weighted by Gasteiger charge is 2.25. The number of aromatic nitrogens is 2. The minimum absolute atomic E-state index is 0.0579. The van der Waals surface area contributed by atoms with Crippen LogP contribution in [0.15, 0.2) is 22.6 Å². The van der Waals surface area contributed by atoms with Crippen molar-refractivity contribution in [1.82, 2.24) is 14.5 Å². The van der Waals surface area contributed by atoms with Crippen LogP contribution in [0.5, 0.6) is 0 Å². The van der Waals surface area contributed by atoms with Crippen LogP contribution in [0.3, 0.4) is 0 Å². The number of cyclic esters (lactones) is 1. The molecule has 1 saturated heterocycles.